The van der Waals surface area contributed by atoms with Crippen LogP contribution in [0.5, 0.6) is 0 Å². The van der Waals surface area contributed by atoms with E-state index < -0.39 is 5.97 Å². The minimum atomic E-state index is -0.406. The summed E-state index contributed by atoms with van der Waals surface area (Å²) < 4.78 is 5.75. The zero-order chi connectivity index (χ0) is 22.0. The molecule has 0 aliphatic carbocycles. The minimum absolute atomic E-state index is 0.136. The minimum Gasteiger partial charge on any atom is -0.462 e. The molecule has 9 heteroatoms. The quantitative estimate of drug-likeness (QED) is 0.448. The summed E-state index contributed by atoms with van der Waals surface area (Å²) in [6.45, 7) is 2.20. The Morgan fingerprint density at radius 3 is 2.48 bits per heavy atom. The molecule has 2 aromatic carbocycles. The van der Waals surface area contributed by atoms with Gasteiger partial charge in [-0.25, -0.2) is 9.78 Å². The van der Waals surface area contributed by atoms with E-state index in [0.717, 1.165) is 4.70 Å². The van der Waals surface area contributed by atoms with Crippen molar-refractivity contribution in [1.82, 2.24) is 9.88 Å². The number of carbonyl (C=O) groups is 4. The number of thiazole rings is 1. The van der Waals surface area contributed by atoms with E-state index in [2.05, 4.69) is 10.3 Å². The second kappa shape index (κ2) is 8.65. The first-order chi connectivity index (χ1) is 15.0. The van der Waals surface area contributed by atoms with Crippen LogP contribution in [0.25, 0.3) is 10.2 Å². The number of benzene rings is 2. The lowest BCUT2D eigenvalue weighted by Crippen LogP contribution is -2.31. The Morgan fingerprint density at radius 2 is 1.81 bits per heavy atom. The summed E-state index contributed by atoms with van der Waals surface area (Å²) in [5.74, 6) is -1.33. The second-order valence-corrected chi connectivity index (χ2v) is 7.91. The number of fused-ring (bicyclic) bond motifs is 2. The molecule has 0 atom stereocenters. The van der Waals surface area contributed by atoms with Gasteiger partial charge >= 0.3 is 5.97 Å². The number of hydrogen-bond donors (Lipinski definition) is 1. The number of nitrogens with zero attached hydrogens (tertiary/aromatic N) is 2. The van der Waals surface area contributed by atoms with Crippen molar-refractivity contribution in [3.63, 3.8) is 0 Å². The number of imide groups is 1. The van der Waals surface area contributed by atoms with Crippen molar-refractivity contribution >= 4 is 50.4 Å². The Labute approximate surface area is 181 Å². The van der Waals surface area contributed by atoms with Gasteiger partial charge in [0.25, 0.3) is 11.8 Å². The molecule has 0 saturated carbocycles. The molecule has 3 amide bonds. The molecule has 0 fully saturated rings. The number of rotatable bonds is 7. The third-order valence-corrected chi connectivity index (χ3v) is 5.74. The van der Waals surface area contributed by atoms with Gasteiger partial charge in [0.1, 0.15) is 0 Å². The van der Waals surface area contributed by atoms with Crippen LogP contribution in [0, 0.1) is 0 Å². The molecule has 2 heterocycles. The van der Waals surface area contributed by atoms with Crippen LogP contribution >= 0.6 is 11.3 Å². The molecular weight excluding hydrogens is 418 g/mol. The fourth-order valence-electron chi connectivity index (χ4n) is 3.34. The summed E-state index contributed by atoms with van der Waals surface area (Å²) in [5, 5.41) is 3.15. The zero-order valence-electron chi connectivity index (χ0n) is 16.7. The van der Waals surface area contributed by atoms with Gasteiger partial charge in [-0.2, -0.15) is 0 Å². The number of hydrogen-bond acceptors (Lipinski definition) is 7. The van der Waals surface area contributed by atoms with E-state index in [4.69, 9.17) is 4.74 Å². The SMILES string of the molecule is CCOC(=O)c1ccc2nc(NC(=O)CCCN3C(=O)c4ccccc4C3=O)sc2c1. The van der Waals surface area contributed by atoms with E-state index in [1.54, 1.807) is 49.4 Å². The fourth-order valence-corrected chi connectivity index (χ4v) is 4.26. The summed E-state index contributed by atoms with van der Waals surface area (Å²) in [6, 6.07) is 11.7. The lowest BCUT2D eigenvalue weighted by Gasteiger charge is -2.13. The van der Waals surface area contributed by atoms with E-state index in [0.29, 0.717) is 40.4 Å². The number of esters is 1. The zero-order valence-corrected chi connectivity index (χ0v) is 17.5. The number of carbonyl (C=O) groups excluding carboxylic acids is 4. The van der Waals surface area contributed by atoms with Crippen LogP contribution in [0.1, 0.15) is 50.8 Å². The first-order valence-corrected chi connectivity index (χ1v) is 10.6. The van der Waals surface area contributed by atoms with E-state index >= 15 is 0 Å². The summed E-state index contributed by atoms with van der Waals surface area (Å²) >= 11 is 1.26. The standard InChI is InChI=1S/C22H19N3O5S/c1-2-30-21(29)13-9-10-16-17(12-13)31-22(23-16)24-18(26)8-5-11-25-19(27)14-6-3-4-7-15(14)20(25)28/h3-4,6-7,9-10,12H,2,5,8,11H2,1H3,(H,23,24,26). The molecule has 1 aromatic heterocycles. The number of anilines is 1. The molecule has 4 rings (SSSR count). The van der Waals surface area contributed by atoms with Crippen LogP contribution in [0.3, 0.4) is 0 Å². The van der Waals surface area contributed by atoms with Crippen LogP contribution in [-0.2, 0) is 9.53 Å². The Kier molecular flexibility index (Phi) is 5.77. The molecule has 31 heavy (non-hydrogen) atoms. The van der Waals surface area contributed by atoms with E-state index in [1.807, 2.05) is 0 Å². The molecule has 1 aliphatic rings. The molecule has 158 valence electrons. The van der Waals surface area contributed by atoms with E-state index in [1.165, 1.54) is 16.2 Å². The van der Waals surface area contributed by atoms with Gasteiger partial charge in [0.15, 0.2) is 5.13 Å². The van der Waals surface area contributed by atoms with Crippen LogP contribution in [0.2, 0.25) is 0 Å². The molecule has 1 N–H and O–H groups in total. The number of ether oxygens (including phenoxy) is 1. The highest BCUT2D eigenvalue weighted by atomic mass is 32.1. The summed E-state index contributed by atoms with van der Waals surface area (Å²) in [4.78, 5) is 54.4. The van der Waals surface area contributed by atoms with Gasteiger partial charge < -0.3 is 10.1 Å². The Hall–Kier alpha value is -3.59. The Bertz CT molecular complexity index is 1170. The smallest absolute Gasteiger partial charge is 0.338 e. The first kappa shape index (κ1) is 20.7. The number of amides is 3. The summed E-state index contributed by atoms with van der Waals surface area (Å²) in [6.07, 6.45) is 0.479. The van der Waals surface area contributed by atoms with Crippen molar-refractivity contribution in [2.75, 3.05) is 18.5 Å². The van der Waals surface area contributed by atoms with E-state index in [9.17, 15) is 19.2 Å². The monoisotopic (exact) mass is 437 g/mol. The van der Waals surface area contributed by atoms with Crippen molar-refractivity contribution in [2.24, 2.45) is 0 Å². The van der Waals surface area contributed by atoms with Gasteiger partial charge in [-0.05, 0) is 43.7 Å². The third kappa shape index (κ3) is 4.17. The maximum atomic E-state index is 12.4. The predicted molar refractivity (Wildman–Crippen MR) is 115 cm³/mol. The fraction of sp³-hybridized carbons (Fsp3) is 0.227. The Morgan fingerprint density at radius 1 is 1.10 bits per heavy atom. The number of aromatic nitrogens is 1. The molecule has 1 aliphatic heterocycles. The largest absolute Gasteiger partial charge is 0.462 e. The second-order valence-electron chi connectivity index (χ2n) is 6.88. The van der Waals surface area contributed by atoms with E-state index in [-0.39, 0.29) is 30.7 Å². The maximum Gasteiger partial charge on any atom is 0.338 e. The molecule has 0 radical (unpaired) electrons. The van der Waals surface area contributed by atoms with Crippen LogP contribution in [0.4, 0.5) is 5.13 Å². The third-order valence-electron chi connectivity index (χ3n) is 4.81. The first-order valence-electron chi connectivity index (χ1n) is 9.80. The van der Waals surface area contributed by atoms with Crippen LogP contribution in [0.15, 0.2) is 42.5 Å². The van der Waals surface area contributed by atoms with Gasteiger partial charge in [-0.15, -0.1) is 0 Å². The molecule has 0 unspecified atom stereocenters. The molecule has 0 spiro atoms. The molecule has 0 bridgehead atoms. The van der Waals surface area contributed by atoms with Crippen molar-refractivity contribution in [3.8, 4) is 0 Å². The topological polar surface area (TPSA) is 106 Å². The van der Waals surface area contributed by atoms with Crippen LogP contribution < -0.4 is 5.32 Å². The van der Waals surface area contributed by atoms with Crippen molar-refractivity contribution in [1.29, 1.82) is 0 Å². The molecular formula is C22H19N3O5S. The average molecular weight is 437 g/mol. The lowest BCUT2D eigenvalue weighted by atomic mass is 10.1. The normalized spacial score (nSPS) is 12.9. The van der Waals surface area contributed by atoms with Crippen molar-refractivity contribution < 1.29 is 23.9 Å². The molecule has 0 saturated heterocycles. The van der Waals surface area contributed by atoms with Gasteiger partial charge in [0.2, 0.25) is 5.91 Å². The molecule has 3 aromatic rings. The lowest BCUT2D eigenvalue weighted by molar-refractivity contribution is -0.116. The van der Waals surface area contributed by atoms with Gasteiger partial charge in [-0.1, -0.05) is 23.5 Å². The summed E-state index contributed by atoms with van der Waals surface area (Å²) in [5.41, 5.74) is 1.89. The van der Waals surface area contributed by atoms with Gasteiger partial charge in [0, 0.05) is 13.0 Å². The highest BCUT2D eigenvalue weighted by molar-refractivity contribution is 7.22. The highest BCUT2D eigenvalue weighted by Crippen LogP contribution is 2.27. The maximum absolute atomic E-state index is 12.4. The van der Waals surface area contributed by atoms with Gasteiger partial charge in [0.05, 0.1) is 33.5 Å². The van der Waals surface area contributed by atoms with Crippen LogP contribution in [-0.4, -0.2) is 46.7 Å². The Balaban J connectivity index is 1.33. The predicted octanol–water partition coefficient (Wildman–Crippen LogP) is 3.49. The van der Waals surface area contributed by atoms with Crippen molar-refractivity contribution in [3.05, 3.63) is 59.2 Å². The highest BCUT2D eigenvalue weighted by Gasteiger charge is 2.34. The number of nitrogens with one attached hydrogen (secondary N) is 1. The molecule has 8 nitrogen and oxygen atoms in total. The average Bonchev–Trinajstić information content (AvgIpc) is 3.27. The summed E-state index contributed by atoms with van der Waals surface area (Å²) in [7, 11) is 0. The van der Waals surface area contributed by atoms with Gasteiger partial charge in [-0.3, -0.25) is 19.3 Å². The van der Waals surface area contributed by atoms with Crippen molar-refractivity contribution in [2.45, 2.75) is 19.8 Å².